The fourth-order valence-corrected chi connectivity index (χ4v) is 3.15. The minimum absolute atomic E-state index is 0.0165. The van der Waals surface area contributed by atoms with E-state index in [-0.39, 0.29) is 29.0 Å². The molecule has 0 aliphatic heterocycles. The molecule has 3 N–H and O–H groups in total. The van der Waals surface area contributed by atoms with Crippen LogP contribution >= 0.6 is 15.9 Å². The van der Waals surface area contributed by atoms with Crippen molar-refractivity contribution in [2.45, 2.75) is 11.3 Å². The summed E-state index contributed by atoms with van der Waals surface area (Å²) < 4.78 is 39.8. The van der Waals surface area contributed by atoms with Gasteiger partial charge in [-0.3, -0.25) is 4.79 Å². The molecule has 1 aromatic rings. The van der Waals surface area contributed by atoms with E-state index in [2.05, 4.69) is 20.7 Å². The van der Waals surface area contributed by atoms with Gasteiger partial charge in [-0.15, -0.1) is 0 Å². The van der Waals surface area contributed by atoms with E-state index in [0.717, 1.165) is 6.07 Å². The maximum Gasteiger partial charge on any atom is 0.243 e. The summed E-state index contributed by atoms with van der Waals surface area (Å²) in [5, 5.41) is 0. The van der Waals surface area contributed by atoms with Gasteiger partial charge in [-0.25, -0.2) is 17.5 Å². The molecule has 0 aromatic heterocycles. The smallest absolute Gasteiger partial charge is 0.243 e. The molecule has 0 atom stereocenters. The molecule has 0 fully saturated rings. The Labute approximate surface area is 125 Å². The lowest BCUT2D eigenvalue weighted by molar-refractivity contribution is -0.128. The van der Waals surface area contributed by atoms with Gasteiger partial charge in [-0.05, 0) is 28.1 Å². The first kappa shape index (κ1) is 16.9. The molecule has 0 aliphatic carbocycles. The highest BCUT2D eigenvalue weighted by Crippen LogP contribution is 2.25. The number of hydrogen-bond acceptors (Lipinski definition) is 4. The van der Waals surface area contributed by atoms with Crippen LogP contribution in [0, 0.1) is 5.82 Å². The molecule has 0 bridgehead atoms. The summed E-state index contributed by atoms with van der Waals surface area (Å²) in [5.74, 6) is -1.16. The van der Waals surface area contributed by atoms with Gasteiger partial charge in [0.05, 0.1) is 4.47 Å². The molecule has 0 saturated heterocycles. The number of hydrogen-bond donors (Lipinski definition) is 2. The van der Waals surface area contributed by atoms with Gasteiger partial charge in [-0.2, -0.15) is 0 Å². The first-order valence-electron chi connectivity index (χ1n) is 5.59. The number of carbonyl (C=O) groups excluding carboxylic acids is 1. The zero-order valence-corrected chi connectivity index (χ0v) is 13.4. The van der Waals surface area contributed by atoms with Crippen molar-refractivity contribution in [1.29, 1.82) is 0 Å². The van der Waals surface area contributed by atoms with Crippen molar-refractivity contribution in [2.75, 3.05) is 26.4 Å². The Balaban J connectivity index is 2.88. The third kappa shape index (κ3) is 4.15. The highest BCUT2D eigenvalue weighted by atomic mass is 79.9. The van der Waals surface area contributed by atoms with Crippen LogP contribution in [0.2, 0.25) is 0 Å². The van der Waals surface area contributed by atoms with Crippen LogP contribution in [0.1, 0.15) is 6.42 Å². The number of amides is 1. The molecule has 0 saturated carbocycles. The molecule has 0 unspecified atom stereocenters. The maximum atomic E-state index is 13.8. The predicted octanol–water partition coefficient (Wildman–Crippen LogP) is 0.927. The van der Waals surface area contributed by atoms with Crippen molar-refractivity contribution in [3.63, 3.8) is 0 Å². The molecule has 1 rings (SSSR count). The maximum absolute atomic E-state index is 13.8. The summed E-state index contributed by atoms with van der Waals surface area (Å²) in [7, 11) is -0.941. The molecule has 0 radical (unpaired) electrons. The van der Waals surface area contributed by atoms with Crippen LogP contribution in [0.3, 0.4) is 0 Å². The summed E-state index contributed by atoms with van der Waals surface area (Å²) in [6.45, 7) is -0.120. The summed E-state index contributed by atoms with van der Waals surface area (Å²) in [6.07, 6.45) is -0.0165. The molecule has 0 spiro atoms. The number of sulfonamides is 1. The first-order valence-corrected chi connectivity index (χ1v) is 7.87. The molecule has 1 amide bonds. The van der Waals surface area contributed by atoms with Gasteiger partial charge in [0.25, 0.3) is 0 Å². The second-order valence-electron chi connectivity index (χ2n) is 4.25. The van der Waals surface area contributed by atoms with Gasteiger partial charge in [-0.1, -0.05) is 0 Å². The molecule has 1 aromatic carbocycles. The normalized spacial score (nSPS) is 11.4. The van der Waals surface area contributed by atoms with Gasteiger partial charge >= 0.3 is 0 Å². The van der Waals surface area contributed by atoms with Crippen molar-refractivity contribution < 1.29 is 17.6 Å². The van der Waals surface area contributed by atoms with Gasteiger partial charge in [0.1, 0.15) is 4.90 Å². The van der Waals surface area contributed by atoms with Crippen LogP contribution in [0.15, 0.2) is 21.5 Å². The van der Waals surface area contributed by atoms with Crippen molar-refractivity contribution in [2.24, 2.45) is 0 Å². The quantitative estimate of drug-likeness (QED) is 0.757. The summed E-state index contributed by atoms with van der Waals surface area (Å²) in [6, 6.07) is 2.29. The molecular formula is C11H15BrFN3O3S. The number of anilines is 1. The van der Waals surface area contributed by atoms with Crippen molar-refractivity contribution >= 4 is 37.5 Å². The molecule has 0 aliphatic rings. The van der Waals surface area contributed by atoms with E-state index in [9.17, 15) is 17.6 Å². The Morgan fingerprint density at radius 1 is 1.45 bits per heavy atom. The Bertz CT molecular complexity index is 620. The van der Waals surface area contributed by atoms with E-state index < -0.39 is 20.7 Å². The lowest BCUT2D eigenvalue weighted by Crippen LogP contribution is -2.30. The SMILES string of the molecule is CN(C)C(=O)CCNS(=O)(=O)c1cc(N)cc(Br)c1F. The topological polar surface area (TPSA) is 92.5 Å². The highest BCUT2D eigenvalue weighted by molar-refractivity contribution is 9.10. The minimum Gasteiger partial charge on any atom is -0.399 e. The average molecular weight is 368 g/mol. The largest absolute Gasteiger partial charge is 0.399 e. The second kappa shape index (κ2) is 6.51. The third-order valence-corrected chi connectivity index (χ3v) is 4.47. The van der Waals surface area contributed by atoms with Gasteiger partial charge in [0.2, 0.25) is 15.9 Å². The Morgan fingerprint density at radius 2 is 2.05 bits per heavy atom. The van der Waals surface area contributed by atoms with Crippen molar-refractivity contribution in [3.05, 3.63) is 22.4 Å². The van der Waals surface area contributed by atoms with Crippen LogP contribution < -0.4 is 10.5 Å². The van der Waals surface area contributed by atoms with Gasteiger partial charge < -0.3 is 10.6 Å². The number of carbonyl (C=O) groups is 1. The Morgan fingerprint density at radius 3 is 2.60 bits per heavy atom. The van der Waals surface area contributed by atoms with Crippen LogP contribution in [0.25, 0.3) is 0 Å². The predicted molar refractivity (Wildman–Crippen MR) is 77.0 cm³/mol. The monoisotopic (exact) mass is 367 g/mol. The van der Waals surface area contributed by atoms with Crippen molar-refractivity contribution in [3.8, 4) is 0 Å². The summed E-state index contributed by atoms with van der Waals surface area (Å²) in [4.78, 5) is 12.1. The van der Waals surface area contributed by atoms with E-state index in [1.54, 1.807) is 14.1 Å². The lowest BCUT2D eigenvalue weighted by Gasteiger charge is -2.12. The second-order valence-corrected chi connectivity index (χ2v) is 6.84. The highest BCUT2D eigenvalue weighted by Gasteiger charge is 2.21. The van der Waals surface area contributed by atoms with Crippen LogP contribution in [-0.2, 0) is 14.8 Å². The summed E-state index contributed by atoms with van der Waals surface area (Å²) >= 11 is 2.89. The van der Waals surface area contributed by atoms with Crippen molar-refractivity contribution in [1.82, 2.24) is 9.62 Å². The molecule has 0 heterocycles. The van der Waals surface area contributed by atoms with E-state index in [4.69, 9.17) is 5.73 Å². The summed E-state index contributed by atoms with van der Waals surface area (Å²) in [5.41, 5.74) is 5.61. The van der Waals surface area contributed by atoms with Crippen LogP contribution in [0.4, 0.5) is 10.1 Å². The van der Waals surface area contributed by atoms with E-state index >= 15 is 0 Å². The number of benzene rings is 1. The fourth-order valence-electron chi connectivity index (χ4n) is 1.37. The molecule has 6 nitrogen and oxygen atoms in total. The lowest BCUT2D eigenvalue weighted by atomic mass is 10.3. The number of rotatable bonds is 5. The minimum atomic E-state index is -4.06. The molecule has 9 heteroatoms. The molecular weight excluding hydrogens is 353 g/mol. The van der Waals surface area contributed by atoms with Crippen LogP contribution in [0.5, 0.6) is 0 Å². The third-order valence-electron chi connectivity index (χ3n) is 2.44. The van der Waals surface area contributed by atoms with E-state index in [0.29, 0.717) is 0 Å². The number of nitrogen functional groups attached to an aromatic ring is 1. The van der Waals surface area contributed by atoms with Crippen LogP contribution in [-0.4, -0.2) is 39.9 Å². The van der Waals surface area contributed by atoms with E-state index in [1.807, 2.05) is 0 Å². The standard InChI is InChI=1S/C11H15BrFN3O3S/c1-16(2)10(17)3-4-15-20(18,19)9-6-7(14)5-8(12)11(9)13/h5-6,15H,3-4,14H2,1-2H3. The zero-order chi connectivity index (χ0) is 15.5. The first-order chi connectivity index (χ1) is 9.15. The Hall–Kier alpha value is -1.19. The Kier molecular flexibility index (Phi) is 5.49. The fraction of sp³-hybridized carbons (Fsp3) is 0.364. The number of nitrogens with one attached hydrogen (secondary N) is 1. The number of nitrogens with zero attached hydrogens (tertiary/aromatic N) is 1. The van der Waals surface area contributed by atoms with Gasteiger partial charge in [0.15, 0.2) is 5.82 Å². The van der Waals surface area contributed by atoms with E-state index in [1.165, 1.54) is 11.0 Å². The molecule has 20 heavy (non-hydrogen) atoms. The number of halogens is 2. The average Bonchev–Trinajstić information content (AvgIpc) is 2.33. The van der Waals surface area contributed by atoms with Gasteiger partial charge in [0, 0.05) is 32.7 Å². The molecule has 112 valence electrons. The zero-order valence-electron chi connectivity index (χ0n) is 11.0. The number of nitrogens with two attached hydrogens (primary N) is 1.